The van der Waals surface area contributed by atoms with Crippen LogP contribution in [0.3, 0.4) is 0 Å². The van der Waals surface area contributed by atoms with E-state index < -0.39 is 0 Å². The van der Waals surface area contributed by atoms with E-state index in [1.165, 1.54) is 18.1 Å². The molecule has 0 saturated carbocycles. The van der Waals surface area contributed by atoms with Crippen LogP contribution in [-0.4, -0.2) is 51.4 Å². The molecule has 2 N–H and O–H groups in total. The number of H-pyrrole nitrogens is 1. The number of carbonyl (C=O) groups excluding carboxylic acids is 1. The number of thioether (sulfide) groups is 1. The van der Waals surface area contributed by atoms with E-state index in [1.807, 2.05) is 18.2 Å². The van der Waals surface area contributed by atoms with E-state index in [-0.39, 0.29) is 11.8 Å². The number of carbonyl (C=O) groups is 1. The van der Waals surface area contributed by atoms with Gasteiger partial charge in [0.25, 0.3) is 0 Å². The quantitative estimate of drug-likeness (QED) is 0.538. The lowest BCUT2D eigenvalue weighted by Gasteiger charge is -2.32. The SMILES string of the molecule is O=C(NCCSc1ncn[nH]1)C1CCCN(Cc2c(Cl)cccc2Cl)C1. The number of benzene rings is 1. The van der Waals surface area contributed by atoms with Crippen molar-refractivity contribution in [3.8, 4) is 0 Å². The number of amides is 1. The van der Waals surface area contributed by atoms with Crippen LogP contribution in [0.1, 0.15) is 18.4 Å². The fourth-order valence-electron chi connectivity index (χ4n) is 3.05. The van der Waals surface area contributed by atoms with Crippen molar-refractivity contribution in [1.29, 1.82) is 0 Å². The number of rotatable bonds is 7. The molecule has 0 radical (unpaired) electrons. The molecule has 1 unspecified atom stereocenters. The van der Waals surface area contributed by atoms with Crippen LogP contribution in [0.2, 0.25) is 10.0 Å². The van der Waals surface area contributed by atoms with Crippen molar-refractivity contribution >= 4 is 40.9 Å². The zero-order valence-electron chi connectivity index (χ0n) is 14.3. The van der Waals surface area contributed by atoms with Gasteiger partial charge < -0.3 is 5.32 Å². The van der Waals surface area contributed by atoms with Crippen LogP contribution in [0, 0.1) is 5.92 Å². The number of halogens is 2. The summed E-state index contributed by atoms with van der Waals surface area (Å²) in [6.07, 6.45) is 3.38. The van der Waals surface area contributed by atoms with Crippen molar-refractivity contribution in [2.75, 3.05) is 25.4 Å². The molecular weight excluding hydrogens is 393 g/mol. The molecule has 0 aliphatic carbocycles. The van der Waals surface area contributed by atoms with E-state index in [2.05, 4.69) is 25.4 Å². The summed E-state index contributed by atoms with van der Waals surface area (Å²) in [6, 6.07) is 5.55. The van der Waals surface area contributed by atoms with E-state index in [0.29, 0.717) is 23.1 Å². The van der Waals surface area contributed by atoms with Gasteiger partial charge in [-0.2, -0.15) is 5.10 Å². The molecule has 140 valence electrons. The Hall–Kier alpha value is -1.28. The van der Waals surface area contributed by atoms with Gasteiger partial charge in [0.05, 0.1) is 5.92 Å². The Morgan fingerprint density at radius 2 is 2.19 bits per heavy atom. The number of hydrogen-bond acceptors (Lipinski definition) is 5. The smallest absolute Gasteiger partial charge is 0.224 e. The molecule has 1 atom stereocenters. The lowest BCUT2D eigenvalue weighted by atomic mass is 9.96. The predicted molar refractivity (Wildman–Crippen MR) is 105 cm³/mol. The molecular formula is C17H21Cl2N5OS. The lowest BCUT2D eigenvalue weighted by Crippen LogP contribution is -2.43. The van der Waals surface area contributed by atoms with Gasteiger partial charge in [-0.25, -0.2) is 4.98 Å². The summed E-state index contributed by atoms with van der Waals surface area (Å²) in [6.45, 7) is 2.95. The van der Waals surface area contributed by atoms with Gasteiger partial charge in [-0.15, -0.1) is 0 Å². The van der Waals surface area contributed by atoms with E-state index in [9.17, 15) is 4.79 Å². The van der Waals surface area contributed by atoms with Gasteiger partial charge in [-0.05, 0) is 31.5 Å². The van der Waals surface area contributed by atoms with Crippen LogP contribution in [0.25, 0.3) is 0 Å². The highest BCUT2D eigenvalue weighted by molar-refractivity contribution is 7.99. The number of piperidine rings is 1. The predicted octanol–water partition coefficient (Wildman–Crippen LogP) is 3.23. The standard InChI is InChI=1S/C17H21Cl2N5OS/c18-14-4-1-5-15(19)13(14)10-24-7-2-3-12(9-24)16(25)20-6-8-26-17-21-11-22-23-17/h1,4-5,11-12H,2-3,6-10H2,(H,20,25)(H,21,22,23). The normalized spacial score (nSPS) is 18.0. The monoisotopic (exact) mass is 413 g/mol. The average molecular weight is 414 g/mol. The Morgan fingerprint density at radius 3 is 2.92 bits per heavy atom. The number of aromatic amines is 1. The first-order valence-corrected chi connectivity index (χ1v) is 10.3. The molecule has 1 amide bonds. The minimum atomic E-state index is 0.000271. The first-order chi connectivity index (χ1) is 12.6. The van der Waals surface area contributed by atoms with Crippen LogP contribution in [0.5, 0.6) is 0 Å². The van der Waals surface area contributed by atoms with Gasteiger partial charge in [0.2, 0.25) is 5.91 Å². The van der Waals surface area contributed by atoms with E-state index in [4.69, 9.17) is 23.2 Å². The fourth-order valence-corrected chi connectivity index (χ4v) is 4.20. The summed E-state index contributed by atoms with van der Waals surface area (Å²) in [7, 11) is 0. The molecule has 1 aromatic carbocycles. The lowest BCUT2D eigenvalue weighted by molar-refractivity contribution is -0.126. The first-order valence-electron chi connectivity index (χ1n) is 8.54. The summed E-state index contributed by atoms with van der Waals surface area (Å²) < 4.78 is 0. The van der Waals surface area contributed by atoms with Gasteiger partial charge in [-0.3, -0.25) is 14.8 Å². The average Bonchev–Trinajstić information content (AvgIpc) is 3.15. The van der Waals surface area contributed by atoms with Crippen molar-refractivity contribution in [1.82, 2.24) is 25.4 Å². The third-order valence-corrected chi connectivity index (χ3v) is 5.94. The maximum atomic E-state index is 12.5. The molecule has 1 saturated heterocycles. The van der Waals surface area contributed by atoms with Crippen LogP contribution in [0.15, 0.2) is 29.7 Å². The van der Waals surface area contributed by atoms with E-state index >= 15 is 0 Å². The zero-order chi connectivity index (χ0) is 18.4. The summed E-state index contributed by atoms with van der Waals surface area (Å²) in [5, 5.41) is 11.7. The van der Waals surface area contributed by atoms with Gasteiger partial charge >= 0.3 is 0 Å². The van der Waals surface area contributed by atoms with Crippen molar-refractivity contribution in [2.24, 2.45) is 5.92 Å². The van der Waals surface area contributed by atoms with Crippen molar-refractivity contribution in [3.05, 3.63) is 40.1 Å². The summed E-state index contributed by atoms with van der Waals surface area (Å²) in [4.78, 5) is 18.8. The summed E-state index contributed by atoms with van der Waals surface area (Å²) in [5.74, 6) is 0.866. The minimum Gasteiger partial charge on any atom is -0.355 e. The molecule has 1 aromatic heterocycles. The number of aromatic nitrogens is 3. The highest BCUT2D eigenvalue weighted by Gasteiger charge is 2.26. The van der Waals surface area contributed by atoms with Crippen molar-refractivity contribution < 1.29 is 4.79 Å². The maximum absolute atomic E-state index is 12.5. The number of hydrogen-bond donors (Lipinski definition) is 2. The summed E-state index contributed by atoms with van der Waals surface area (Å²) in [5.41, 5.74) is 0.931. The molecule has 1 aliphatic rings. The molecule has 1 fully saturated rings. The summed E-state index contributed by atoms with van der Waals surface area (Å²) >= 11 is 14.1. The third kappa shape index (κ3) is 5.36. The molecule has 3 rings (SSSR count). The molecule has 2 aromatic rings. The molecule has 26 heavy (non-hydrogen) atoms. The molecule has 9 heteroatoms. The second-order valence-corrected chi connectivity index (χ2v) is 8.10. The third-order valence-electron chi connectivity index (χ3n) is 4.35. The number of nitrogens with one attached hydrogen (secondary N) is 2. The topological polar surface area (TPSA) is 73.9 Å². The van der Waals surface area contributed by atoms with Crippen molar-refractivity contribution in [3.63, 3.8) is 0 Å². The Bertz CT molecular complexity index is 708. The molecule has 1 aliphatic heterocycles. The van der Waals surface area contributed by atoms with Crippen LogP contribution < -0.4 is 5.32 Å². The fraction of sp³-hybridized carbons (Fsp3) is 0.471. The largest absolute Gasteiger partial charge is 0.355 e. The maximum Gasteiger partial charge on any atom is 0.224 e. The van der Waals surface area contributed by atoms with E-state index in [0.717, 1.165) is 42.4 Å². The Balaban J connectivity index is 1.46. The van der Waals surface area contributed by atoms with Gasteiger partial charge in [0.1, 0.15) is 6.33 Å². The highest BCUT2D eigenvalue weighted by atomic mass is 35.5. The Labute approximate surface area is 167 Å². The second-order valence-electron chi connectivity index (χ2n) is 6.20. The zero-order valence-corrected chi connectivity index (χ0v) is 16.6. The van der Waals surface area contributed by atoms with Gasteiger partial charge in [-0.1, -0.05) is 41.0 Å². The number of nitrogens with zero attached hydrogens (tertiary/aromatic N) is 3. The van der Waals surface area contributed by atoms with Crippen LogP contribution >= 0.6 is 35.0 Å². The molecule has 2 heterocycles. The minimum absolute atomic E-state index is 0.000271. The highest BCUT2D eigenvalue weighted by Crippen LogP contribution is 2.27. The molecule has 6 nitrogen and oxygen atoms in total. The second kappa shape index (κ2) is 9.60. The molecule has 0 spiro atoms. The first kappa shape index (κ1) is 19.5. The van der Waals surface area contributed by atoms with Gasteiger partial charge in [0.15, 0.2) is 5.16 Å². The Morgan fingerprint density at radius 1 is 1.38 bits per heavy atom. The Kier molecular flexibility index (Phi) is 7.19. The van der Waals surface area contributed by atoms with Crippen molar-refractivity contribution in [2.45, 2.75) is 24.5 Å². The number of likely N-dealkylation sites (tertiary alicyclic amines) is 1. The molecule has 0 bridgehead atoms. The van der Waals surface area contributed by atoms with Gasteiger partial charge in [0, 0.05) is 41.0 Å². The van der Waals surface area contributed by atoms with Crippen LogP contribution in [0.4, 0.5) is 0 Å². The van der Waals surface area contributed by atoms with Crippen LogP contribution in [-0.2, 0) is 11.3 Å². The van der Waals surface area contributed by atoms with E-state index in [1.54, 1.807) is 0 Å².